The van der Waals surface area contributed by atoms with Crippen molar-refractivity contribution in [3.63, 3.8) is 0 Å². The average molecular weight is 366 g/mol. The summed E-state index contributed by atoms with van der Waals surface area (Å²) in [5, 5.41) is 14.9. The molecule has 0 radical (unpaired) electrons. The molecule has 2 aromatic carbocycles. The topological polar surface area (TPSA) is 95.5 Å². The Morgan fingerprint density at radius 1 is 0.889 bits per heavy atom. The molecule has 1 fully saturated rings. The lowest BCUT2D eigenvalue weighted by Gasteiger charge is -2.19. The van der Waals surface area contributed by atoms with E-state index in [1.54, 1.807) is 62.4 Å². The Hall–Kier alpha value is -3.15. The van der Waals surface area contributed by atoms with E-state index in [9.17, 15) is 19.5 Å². The van der Waals surface area contributed by atoms with Gasteiger partial charge in [0.1, 0.15) is 0 Å². The molecule has 1 aliphatic rings. The molecule has 1 saturated carbocycles. The summed E-state index contributed by atoms with van der Waals surface area (Å²) in [6, 6.07) is 13.5. The summed E-state index contributed by atoms with van der Waals surface area (Å²) in [5.41, 5.74) is 1.38. The van der Waals surface area contributed by atoms with Gasteiger partial charge < -0.3 is 15.7 Å². The number of hydrogen-bond donors (Lipinski definition) is 3. The molecule has 0 aliphatic heterocycles. The molecular formula is C21H22N2O4. The summed E-state index contributed by atoms with van der Waals surface area (Å²) in [7, 11) is 0. The highest BCUT2D eigenvalue weighted by Gasteiger charge is 2.30. The zero-order valence-electron chi connectivity index (χ0n) is 15.3. The first-order valence-corrected chi connectivity index (χ1v) is 8.83. The van der Waals surface area contributed by atoms with Gasteiger partial charge in [-0.05, 0) is 68.7 Å². The molecule has 0 spiro atoms. The zero-order chi connectivity index (χ0) is 19.6. The normalized spacial score (nSPS) is 13.7. The fraction of sp³-hybridized carbons (Fsp3) is 0.286. The molecule has 0 aromatic heterocycles. The van der Waals surface area contributed by atoms with Crippen molar-refractivity contribution in [2.45, 2.75) is 32.1 Å². The van der Waals surface area contributed by atoms with E-state index in [2.05, 4.69) is 10.6 Å². The first-order chi connectivity index (χ1) is 12.8. The molecule has 2 amide bonds. The Balaban J connectivity index is 1.63. The number of carbonyl (C=O) groups is 3. The predicted molar refractivity (Wildman–Crippen MR) is 103 cm³/mol. The number of hydrogen-bond acceptors (Lipinski definition) is 3. The van der Waals surface area contributed by atoms with Crippen molar-refractivity contribution >= 4 is 29.2 Å². The summed E-state index contributed by atoms with van der Waals surface area (Å²) in [6.07, 6.45) is 1.88. The molecule has 0 unspecified atom stereocenters. The van der Waals surface area contributed by atoms with Crippen LogP contribution in [0.1, 0.15) is 42.6 Å². The minimum Gasteiger partial charge on any atom is -0.481 e. The highest BCUT2D eigenvalue weighted by Crippen LogP contribution is 2.30. The molecule has 1 aliphatic carbocycles. The SMILES string of the molecule is CC(C)(C(=O)O)c1ccc(NC(=O)c2ccc(NC(=O)C3CC3)cc2)cc1. The maximum Gasteiger partial charge on any atom is 0.313 e. The Bertz CT molecular complexity index is 866. The molecular weight excluding hydrogens is 344 g/mol. The van der Waals surface area contributed by atoms with E-state index in [0.29, 0.717) is 22.5 Å². The van der Waals surface area contributed by atoms with Gasteiger partial charge in [0.2, 0.25) is 5.91 Å². The van der Waals surface area contributed by atoms with Crippen molar-refractivity contribution in [3.05, 3.63) is 59.7 Å². The van der Waals surface area contributed by atoms with Crippen molar-refractivity contribution in [1.29, 1.82) is 0 Å². The molecule has 6 heteroatoms. The monoisotopic (exact) mass is 366 g/mol. The molecule has 0 bridgehead atoms. The summed E-state index contributed by atoms with van der Waals surface area (Å²) in [4.78, 5) is 35.4. The summed E-state index contributed by atoms with van der Waals surface area (Å²) in [5.74, 6) is -1.04. The van der Waals surface area contributed by atoms with Crippen LogP contribution >= 0.6 is 0 Å². The molecule has 140 valence electrons. The zero-order valence-corrected chi connectivity index (χ0v) is 15.3. The summed E-state index contributed by atoms with van der Waals surface area (Å²) in [6.45, 7) is 3.26. The highest BCUT2D eigenvalue weighted by molar-refractivity contribution is 6.04. The molecule has 27 heavy (non-hydrogen) atoms. The highest BCUT2D eigenvalue weighted by atomic mass is 16.4. The Kier molecular flexibility index (Phi) is 4.99. The first-order valence-electron chi connectivity index (χ1n) is 8.83. The molecule has 2 aromatic rings. The second-order valence-electron chi connectivity index (χ2n) is 7.30. The number of nitrogens with one attached hydrogen (secondary N) is 2. The third kappa shape index (κ3) is 4.34. The molecule has 3 N–H and O–H groups in total. The third-order valence-corrected chi connectivity index (χ3v) is 4.76. The Morgan fingerprint density at radius 3 is 1.93 bits per heavy atom. The number of carbonyl (C=O) groups excluding carboxylic acids is 2. The van der Waals surface area contributed by atoms with Crippen LogP contribution in [0.15, 0.2) is 48.5 Å². The largest absolute Gasteiger partial charge is 0.481 e. The van der Waals surface area contributed by atoms with Gasteiger partial charge in [0, 0.05) is 22.9 Å². The van der Waals surface area contributed by atoms with Crippen molar-refractivity contribution in [3.8, 4) is 0 Å². The van der Waals surface area contributed by atoms with Crippen molar-refractivity contribution < 1.29 is 19.5 Å². The fourth-order valence-electron chi connectivity index (χ4n) is 2.59. The second kappa shape index (κ2) is 7.23. The van der Waals surface area contributed by atoms with Gasteiger partial charge in [-0.1, -0.05) is 12.1 Å². The molecule has 0 heterocycles. The van der Waals surface area contributed by atoms with E-state index in [1.165, 1.54) is 0 Å². The molecule has 0 atom stereocenters. The van der Waals surface area contributed by atoms with E-state index in [-0.39, 0.29) is 17.7 Å². The van der Waals surface area contributed by atoms with Crippen LogP contribution in [-0.4, -0.2) is 22.9 Å². The number of anilines is 2. The van der Waals surface area contributed by atoms with E-state index in [4.69, 9.17) is 0 Å². The van der Waals surface area contributed by atoms with Gasteiger partial charge in [-0.2, -0.15) is 0 Å². The maximum absolute atomic E-state index is 12.4. The molecule has 3 rings (SSSR count). The lowest BCUT2D eigenvalue weighted by atomic mass is 9.85. The Morgan fingerprint density at radius 2 is 1.41 bits per heavy atom. The number of rotatable bonds is 6. The average Bonchev–Trinajstić information content (AvgIpc) is 3.48. The van der Waals surface area contributed by atoms with Gasteiger partial charge in [-0.3, -0.25) is 14.4 Å². The predicted octanol–water partition coefficient (Wildman–Crippen LogP) is 3.65. The van der Waals surface area contributed by atoms with Crippen LogP contribution in [0.4, 0.5) is 11.4 Å². The summed E-state index contributed by atoms with van der Waals surface area (Å²) >= 11 is 0. The van der Waals surface area contributed by atoms with Crippen LogP contribution in [0.25, 0.3) is 0 Å². The number of aliphatic carboxylic acids is 1. The van der Waals surface area contributed by atoms with Crippen LogP contribution in [0, 0.1) is 5.92 Å². The minimum absolute atomic E-state index is 0.0246. The smallest absolute Gasteiger partial charge is 0.313 e. The number of amides is 2. The molecule has 0 saturated heterocycles. The Labute approximate surface area is 157 Å². The van der Waals surface area contributed by atoms with Crippen LogP contribution < -0.4 is 10.6 Å². The van der Waals surface area contributed by atoms with E-state index < -0.39 is 11.4 Å². The number of benzene rings is 2. The summed E-state index contributed by atoms with van der Waals surface area (Å²) < 4.78 is 0. The standard InChI is InChI=1S/C21H22N2O4/c1-21(2,20(26)27)15-7-11-17(12-8-15)23-19(25)14-5-9-16(10-6-14)22-18(24)13-3-4-13/h5-13H,3-4H2,1-2H3,(H,22,24)(H,23,25)(H,26,27). The van der Waals surface area contributed by atoms with E-state index >= 15 is 0 Å². The van der Waals surface area contributed by atoms with Crippen molar-refractivity contribution in [1.82, 2.24) is 0 Å². The van der Waals surface area contributed by atoms with Crippen LogP contribution in [0.2, 0.25) is 0 Å². The van der Waals surface area contributed by atoms with Gasteiger partial charge in [0.05, 0.1) is 5.41 Å². The maximum atomic E-state index is 12.4. The van der Waals surface area contributed by atoms with Crippen LogP contribution in [0.3, 0.4) is 0 Å². The van der Waals surface area contributed by atoms with Gasteiger partial charge in [0.15, 0.2) is 0 Å². The third-order valence-electron chi connectivity index (χ3n) is 4.76. The van der Waals surface area contributed by atoms with Gasteiger partial charge in [-0.15, -0.1) is 0 Å². The van der Waals surface area contributed by atoms with Crippen LogP contribution in [-0.2, 0) is 15.0 Å². The fourth-order valence-corrected chi connectivity index (χ4v) is 2.59. The van der Waals surface area contributed by atoms with Crippen LogP contribution in [0.5, 0.6) is 0 Å². The second-order valence-corrected chi connectivity index (χ2v) is 7.30. The number of carboxylic acid groups (broad SMARTS) is 1. The number of carboxylic acids is 1. The molecule has 6 nitrogen and oxygen atoms in total. The van der Waals surface area contributed by atoms with Gasteiger partial charge in [0.25, 0.3) is 5.91 Å². The first kappa shape index (κ1) is 18.6. The minimum atomic E-state index is -0.997. The van der Waals surface area contributed by atoms with E-state index in [0.717, 1.165) is 12.8 Å². The lowest BCUT2D eigenvalue weighted by Crippen LogP contribution is -2.28. The van der Waals surface area contributed by atoms with Crippen molar-refractivity contribution in [2.24, 2.45) is 5.92 Å². The van der Waals surface area contributed by atoms with Gasteiger partial charge >= 0.3 is 5.97 Å². The van der Waals surface area contributed by atoms with Crippen molar-refractivity contribution in [2.75, 3.05) is 10.6 Å². The van der Waals surface area contributed by atoms with Gasteiger partial charge in [-0.25, -0.2) is 0 Å². The van der Waals surface area contributed by atoms with E-state index in [1.807, 2.05) is 0 Å². The quantitative estimate of drug-likeness (QED) is 0.727. The lowest BCUT2D eigenvalue weighted by molar-refractivity contribution is -0.142.